The monoisotopic (exact) mass is 935 g/mol. The number of cyclic esters (lactones) is 1. The third-order valence-corrected chi connectivity index (χ3v) is 12.8. The maximum absolute atomic E-state index is 16.3. The van der Waals surface area contributed by atoms with Crippen molar-refractivity contribution in [1.29, 1.82) is 0 Å². The second-order valence-electron chi connectivity index (χ2n) is 16.6. The number of fused-ring (bicyclic) bond motifs is 3. The van der Waals surface area contributed by atoms with Crippen LogP contribution in [0.5, 0.6) is 5.75 Å². The number of phenolic OH excluding ortho intramolecular Hbond substituents is 1. The number of aliphatic hydroxyl groups is 1. The fourth-order valence-electron chi connectivity index (χ4n) is 9.80. The molecule has 2 saturated heterocycles. The van der Waals surface area contributed by atoms with E-state index in [2.05, 4.69) is 17.2 Å². The van der Waals surface area contributed by atoms with E-state index in [-0.39, 0.29) is 48.7 Å². The average molecular weight is 936 g/mol. The molecule has 354 valence electrons. The van der Waals surface area contributed by atoms with E-state index in [1.54, 1.807) is 59.5 Å². The summed E-state index contributed by atoms with van der Waals surface area (Å²) in [5.74, 6) is -1.70. The highest BCUT2D eigenvalue weighted by molar-refractivity contribution is 6.23. The number of carbonyl (C=O) groups excluding carboxylic acids is 6. The highest BCUT2D eigenvalue weighted by Crippen LogP contribution is 2.66. The summed E-state index contributed by atoms with van der Waals surface area (Å²) >= 11 is 0. The fraction of sp³-hybridized carbons (Fsp3) is 0.283. The third-order valence-electron chi connectivity index (χ3n) is 12.8. The number of phenols is 1. The molecule has 0 saturated carbocycles. The highest BCUT2D eigenvalue weighted by Gasteiger charge is 2.75. The van der Waals surface area contributed by atoms with E-state index < -0.39 is 83.4 Å². The maximum Gasteiger partial charge on any atom is 0.421 e. The molecule has 0 aliphatic carbocycles. The molecular formula is C53H49N3O13. The lowest BCUT2D eigenvalue weighted by atomic mass is 9.65. The molecule has 8 rings (SSSR count). The van der Waals surface area contributed by atoms with E-state index in [1.165, 1.54) is 37.4 Å². The Morgan fingerprint density at radius 1 is 0.768 bits per heavy atom. The van der Waals surface area contributed by atoms with Crippen molar-refractivity contribution in [3.63, 3.8) is 0 Å². The number of methoxy groups -OCH3 is 3. The summed E-state index contributed by atoms with van der Waals surface area (Å²) in [5.41, 5.74) is 0.297. The summed E-state index contributed by atoms with van der Waals surface area (Å²) < 4.78 is 26.9. The number of ether oxygens (including phenoxy) is 5. The number of esters is 3. The Morgan fingerprint density at radius 2 is 1.39 bits per heavy atom. The Morgan fingerprint density at radius 3 is 2.01 bits per heavy atom. The van der Waals surface area contributed by atoms with Crippen molar-refractivity contribution >= 4 is 41.5 Å². The van der Waals surface area contributed by atoms with Gasteiger partial charge in [0.15, 0.2) is 5.92 Å². The predicted octanol–water partition coefficient (Wildman–Crippen LogP) is 5.39. The minimum absolute atomic E-state index is 0.00926. The van der Waals surface area contributed by atoms with Gasteiger partial charge in [-0.05, 0) is 58.1 Å². The van der Waals surface area contributed by atoms with Gasteiger partial charge in [-0.1, -0.05) is 115 Å². The fourth-order valence-corrected chi connectivity index (χ4v) is 9.80. The molecule has 3 aliphatic rings. The first kappa shape index (κ1) is 47.6. The lowest BCUT2D eigenvalue weighted by Crippen LogP contribution is -2.56. The molecule has 0 aromatic heterocycles. The third kappa shape index (κ3) is 8.91. The van der Waals surface area contributed by atoms with E-state index in [9.17, 15) is 24.6 Å². The van der Waals surface area contributed by atoms with Gasteiger partial charge in [0.2, 0.25) is 11.8 Å². The van der Waals surface area contributed by atoms with Crippen molar-refractivity contribution in [3.05, 3.63) is 167 Å². The molecule has 3 aliphatic heterocycles. The van der Waals surface area contributed by atoms with Gasteiger partial charge < -0.3 is 39.2 Å². The van der Waals surface area contributed by atoms with Gasteiger partial charge in [-0.3, -0.25) is 28.9 Å². The number of hydrogen-bond donors (Lipinski definition) is 3. The summed E-state index contributed by atoms with van der Waals surface area (Å²) in [5, 5.41) is 24.9. The predicted molar refractivity (Wildman–Crippen MR) is 247 cm³/mol. The quantitative estimate of drug-likeness (QED) is 0.0445. The molecule has 2 fully saturated rings. The summed E-state index contributed by atoms with van der Waals surface area (Å²) in [6, 6.07) is 33.7. The number of carbonyl (C=O) groups is 6. The van der Waals surface area contributed by atoms with E-state index in [1.807, 2.05) is 48.5 Å². The smallest absolute Gasteiger partial charge is 0.421 e. The van der Waals surface area contributed by atoms with E-state index in [4.69, 9.17) is 23.7 Å². The largest absolute Gasteiger partial charge is 0.508 e. The van der Waals surface area contributed by atoms with E-state index >= 15 is 14.4 Å². The molecule has 16 heteroatoms. The molecule has 69 heavy (non-hydrogen) atoms. The van der Waals surface area contributed by atoms with Crippen molar-refractivity contribution in [2.45, 2.75) is 42.2 Å². The van der Waals surface area contributed by atoms with Crippen LogP contribution in [0.2, 0.25) is 0 Å². The second-order valence-corrected chi connectivity index (χ2v) is 16.6. The van der Waals surface area contributed by atoms with Crippen LogP contribution in [0.25, 0.3) is 0 Å². The Hall–Kier alpha value is -7.84. The van der Waals surface area contributed by atoms with Gasteiger partial charge >= 0.3 is 24.0 Å². The molecule has 16 nitrogen and oxygen atoms in total. The molecule has 3 heterocycles. The van der Waals surface area contributed by atoms with E-state index in [0.717, 1.165) is 19.1 Å². The lowest BCUT2D eigenvalue weighted by molar-refractivity contribution is -0.178. The van der Waals surface area contributed by atoms with Gasteiger partial charge in [0, 0.05) is 25.6 Å². The van der Waals surface area contributed by atoms with Crippen molar-refractivity contribution in [1.82, 2.24) is 10.2 Å². The van der Waals surface area contributed by atoms with Crippen LogP contribution in [-0.2, 0) is 53.1 Å². The zero-order chi connectivity index (χ0) is 48.8. The maximum atomic E-state index is 16.3. The SMILES string of the molecule is COCCOC(=O)N1C(=O)C2(c3cc(C#CCC(C(=O)OC)C(=O)OC)ccc31)C(C(=O)NCC(O)c1ccccc1)C1C(=O)OC(c3ccccc3)C(c3ccccc3)N1C2c1ccc(O)cc1. The first-order valence-corrected chi connectivity index (χ1v) is 22.1. The second kappa shape index (κ2) is 20.6. The van der Waals surface area contributed by atoms with Gasteiger partial charge in [-0.15, -0.1) is 0 Å². The number of amides is 3. The molecule has 3 N–H and O–H groups in total. The Balaban J connectivity index is 1.41. The molecule has 7 atom stereocenters. The highest BCUT2D eigenvalue weighted by atomic mass is 16.6. The van der Waals surface area contributed by atoms with Crippen LogP contribution >= 0.6 is 0 Å². The Labute approximate surface area is 397 Å². The zero-order valence-electron chi connectivity index (χ0n) is 37.9. The number of morpholine rings is 1. The summed E-state index contributed by atoms with van der Waals surface area (Å²) in [6.45, 7) is -0.595. The number of hydrogen-bond acceptors (Lipinski definition) is 14. The van der Waals surface area contributed by atoms with Crippen LogP contribution in [0, 0.1) is 23.7 Å². The van der Waals surface area contributed by atoms with Crippen LogP contribution in [-0.4, -0.2) is 98.1 Å². The van der Waals surface area contributed by atoms with Crippen LogP contribution in [0.4, 0.5) is 10.5 Å². The number of nitrogens with zero attached hydrogens (tertiary/aromatic N) is 2. The molecule has 5 aromatic carbocycles. The summed E-state index contributed by atoms with van der Waals surface area (Å²) in [6.07, 6.45) is -3.62. The Bertz CT molecular complexity index is 2760. The number of nitrogens with one attached hydrogen (secondary N) is 1. The van der Waals surface area contributed by atoms with Crippen LogP contribution in [0.1, 0.15) is 64.1 Å². The Kier molecular flexibility index (Phi) is 14.2. The standard InChI is InChI=1S/C53H49N3O13/c1-65-28-29-68-52(64)55-40-27-22-32(14-13-21-38(48(60)66-2)49(61)67-3)30-39(40)53(51(55)63)42(47(59)54-31-41(58)33-15-7-4-8-16-33)44-50(62)69-45(35-19-11-6-12-20-35)43(34-17-9-5-10-18-34)56(44)46(53)36-23-25-37(57)26-24-36/h4-12,15-20,22-27,30,38,41-46,57-58H,21,28-29,31H2,1-3H3,(H,54,59). The molecule has 5 aromatic rings. The first-order chi connectivity index (χ1) is 33.5. The summed E-state index contributed by atoms with van der Waals surface area (Å²) in [4.78, 5) is 89.4. The van der Waals surface area contributed by atoms with E-state index in [0.29, 0.717) is 22.3 Å². The lowest BCUT2D eigenvalue weighted by Gasteiger charge is -2.46. The van der Waals surface area contributed by atoms with Crippen molar-refractivity contribution in [3.8, 4) is 17.6 Å². The molecular weight excluding hydrogens is 887 g/mol. The van der Waals surface area contributed by atoms with Gasteiger partial charge in [0.05, 0.1) is 50.6 Å². The zero-order valence-corrected chi connectivity index (χ0v) is 37.9. The van der Waals surface area contributed by atoms with Crippen molar-refractivity contribution in [2.24, 2.45) is 11.8 Å². The van der Waals surface area contributed by atoms with Crippen LogP contribution in [0.3, 0.4) is 0 Å². The first-order valence-electron chi connectivity index (χ1n) is 22.1. The van der Waals surface area contributed by atoms with Gasteiger partial charge in [-0.25, -0.2) is 9.69 Å². The van der Waals surface area contributed by atoms with Crippen LogP contribution in [0.15, 0.2) is 133 Å². The number of aliphatic hydroxyl groups excluding tert-OH is 1. The van der Waals surface area contributed by atoms with Gasteiger partial charge in [0.1, 0.15) is 29.9 Å². The van der Waals surface area contributed by atoms with Crippen molar-refractivity contribution in [2.75, 3.05) is 46.0 Å². The molecule has 1 spiro atoms. The molecule has 3 amide bonds. The molecule has 7 unspecified atom stereocenters. The number of benzene rings is 5. The summed E-state index contributed by atoms with van der Waals surface area (Å²) in [7, 11) is 3.67. The molecule has 0 radical (unpaired) electrons. The van der Waals surface area contributed by atoms with Crippen molar-refractivity contribution < 1.29 is 62.7 Å². The van der Waals surface area contributed by atoms with Gasteiger partial charge in [-0.2, -0.15) is 0 Å². The minimum Gasteiger partial charge on any atom is -0.508 e. The minimum atomic E-state index is -2.21. The number of aromatic hydroxyl groups is 1. The van der Waals surface area contributed by atoms with Crippen LogP contribution < -0.4 is 10.2 Å². The number of rotatable bonds is 13. The average Bonchev–Trinajstić information content (AvgIpc) is 3.83. The normalized spacial score (nSPS) is 21.9. The number of imide groups is 1. The topological polar surface area (TPSA) is 208 Å². The molecule has 0 bridgehead atoms. The van der Waals surface area contributed by atoms with Gasteiger partial charge in [0.25, 0.3) is 0 Å². The number of anilines is 1.